The van der Waals surface area contributed by atoms with Crippen molar-refractivity contribution in [2.75, 3.05) is 12.4 Å². The molecule has 7 heteroatoms. The number of nitriles is 1. The molecule has 0 fully saturated rings. The number of aryl methyl sites for hydroxylation is 2. The minimum Gasteiger partial charge on any atom is -0.493 e. The molecule has 23 heavy (non-hydrogen) atoms. The Kier molecular flexibility index (Phi) is 4.44. The first-order valence-corrected chi connectivity index (χ1v) is 8.11. The number of rotatable bonds is 5. The van der Waals surface area contributed by atoms with Crippen LogP contribution in [0.3, 0.4) is 0 Å². The summed E-state index contributed by atoms with van der Waals surface area (Å²) in [5.41, 5.74) is 2.62. The third-order valence-electron chi connectivity index (χ3n) is 3.23. The van der Waals surface area contributed by atoms with Gasteiger partial charge in [0.05, 0.1) is 18.2 Å². The van der Waals surface area contributed by atoms with Gasteiger partial charge in [-0.25, -0.2) is 4.98 Å². The van der Waals surface area contributed by atoms with E-state index in [9.17, 15) is 0 Å². The fraction of sp³-hybridized carbons (Fsp3) is 0.250. The second-order valence-electron chi connectivity index (χ2n) is 4.99. The molecule has 1 aromatic carbocycles. The average molecular weight is 325 g/mol. The van der Waals surface area contributed by atoms with E-state index in [2.05, 4.69) is 21.3 Å². The van der Waals surface area contributed by atoms with Crippen molar-refractivity contribution in [1.82, 2.24) is 19.6 Å². The zero-order chi connectivity index (χ0) is 16.2. The lowest BCUT2D eigenvalue weighted by Gasteiger charge is -2.06. The molecule has 3 aromatic rings. The van der Waals surface area contributed by atoms with Crippen LogP contribution in [0, 0.1) is 25.2 Å². The molecule has 0 spiro atoms. The Morgan fingerprint density at radius 1 is 1.22 bits per heavy atom. The van der Waals surface area contributed by atoms with Gasteiger partial charge in [-0.15, -0.1) is 10.2 Å². The molecule has 0 N–H and O–H groups in total. The van der Waals surface area contributed by atoms with Gasteiger partial charge in [-0.1, -0.05) is 11.8 Å². The van der Waals surface area contributed by atoms with Gasteiger partial charge in [0.2, 0.25) is 0 Å². The molecule has 6 nitrogen and oxygen atoms in total. The van der Waals surface area contributed by atoms with Crippen molar-refractivity contribution in [3.05, 3.63) is 47.3 Å². The quantitative estimate of drug-likeness (QED) is 0.530. The maximum absolute atomic E-state index is 8.76. The second-order valence-corrected chi connectivity index (χ2v) is 6.05. The van der Waals surface area contributed by atoms with Crippen LogP contribution < -0.4 is 4.74 Å². The molecule has 0 atom stereocenters. The van der Waals surface area contributed by atoms with Crippen LogP contribution >= 0.6 is 11.8 Å². The summed E-state index contributed by atoms with van der Waals surface area (Å²) >= 11 is 1.58. The van der Waals surface area contributed by atoms with Crippen LogP contribution in [0.1, 0.15) is 17.0 Å². The molecular formula is C16H15N5OS. The van der Waals surface area contributed by atoms with E-state index in [4.69, 9.17) is 10.00 Å². The van der Waals surface area contributed by atoms with E-state index in [0.717, 1.165) is 28.0 Å². The molecule has 3 rings (SSSR count). The van der Waals surface area contributed by atoms with Gasteiger partial charge in [-0.05, 0) is 44.2 Å². The summed E-state index contributed by atoms with van der Waals surface area (Å²) in [6.07, 6.45) is 0. The molecule has 0 radical (unpaired) electrons. The summed E-state index contributed by atoms with van der Waals surface area (Å²) in [5.74, 6) is 2.12. The lowest BCUT2D eigenvalue weighted by atomic mass is 10.2. The van der Waals surface area contributed by atoms with Crippen molar-refractivity contribution in [3.8, 4) is 11.8 Å². The molecule has 2 heterocycles. The highest BCUT2D eigenvalue weighted by Gasteiger charge is 2.10. The van der Waals surface area contributed by atoms with E-state index in [-0.39, 0.29) is 0 Å². The Labute approximate surface area is 138 Å². The highest BCUT2D eigenvalue weighted by atomic mass is 32.2. The van der Waals surface area contributed by atoms with Crippen LogP contribution in [0.4, 0.5) is 0 Å². The Bertz CT molecular complexity index is 867. The van der Waals surface area contributed by atoms with Gasteiger partial charge >= 0.3 is 0 Å². The van der Waals surface area contributed by atoms with Gasteiger partial charge < -0.3 is 4.74 Å². The van der Waals surface area contributed by atoms with Crippen LogP contribution in [-0.2, 0) is 0 Å². The van der Waals surface area contributed by atoms with E-state index in [1.807, 2.05) is 24.3 Å². The lowest BCUT2D eigenvalue weighted by molar-refractivity contribution is 0.344. The van der Waals surface area contributed by atoms with Gasteiger partial charge in [-0.3, -0.25) is 4.40 Å². The minimum absolute atomic E-state index is 0.545. The van der Waals surface area contributed by atoms with Crippen LogP contribution in [0.15, 0.2) is 35.5 Å². The molecule has 0 aliphatic heterocycles. The van der Waals surface area contributed by atoms with Crippen LogP contribution in [-0.4, -0.2) is 31.9 Å². The number of hydrogen-bond acceptors (Lipinski definition) is 6. The number of benzene rings is 1. The predicted octanol–water partition coefficient (Wildman–Crippen LogP) is 2.78. The Balaban J connectivity index is 1.59. The third kappa shape index (κ3) is 3.43. The van der Waals surface area contributed by atoms with Gasteiger partial charge in [0.1, 0.15) is 5.75 Å². The molecular weight excluding hydrogens is 310 g/mol. The van der Waals surface area contributed by atoms with Crippen LogP contribution in [0.5, 0.6) is 5.75 Å². The normalized spacial score (nSPS) is 10.7. The highest BCUT2D eigenvalue weighted by molar-refractivity contribution is 7.99. The van der Waals surface area contributed by atoms with Crippen LogP contribution in [0.2, 0.25) is 0 Å². The maximum Gasteiger partial charge on any atom is 0.256 e. The summed E-state index contributed by atoms with van der Waals surface area (Å²) in [5, 5.41) is 17.9. The van der Waals surface area contributed by atoms with Gasteiger partial charge in [0.25, 0.3) is 5.78 Å². The molecule has 0 saturated heterocycles. The SMILES string of the molecule is Cc1cc(C)n2c(SCCOc3ccc(C#N)cc3)nnc2n1. The first-order valence-electron chi connectivity index (χ1n) is 7.12. The second kappa shape index (κ2) is 6.67. The minimum atomic E-state index is 0.545. The topological polar surface area (TPSA) is 76.1 Å². The molecule has 0 aliphatic carbocycles. The van der Waals surface area contributed by atoms with Gasteiger partial charge in [0, 0.05) is 17.1 Å². The molecule has 0 amide bonds. The average Bonchev–Trinajstić information content (AvgIpc) is 2.95. The first-order chi connectivity index (χ1) is 11.2. The van der Waals surface area contributed by atoms with Crippen molar-refractivity contribution >= 4 is 17.5 Å². The fourth-order valence-electron chi connectivity index (χ4n) is 2.21. The summed E-state index contributed by atoms with van der Waals surface area (Å²) in [6.45, 7) is 4.51. The number of nitrogens with zero attached hydrogens (tertiary/aromatic N) is 5. The number of ether oxygens (including phenoxy) is 1. The lowest BCUT2D eigenvalue weighted by Crippen LogP contribution is -2.02. The summed E-state index contributed by atoms with van der Waals surface area (Å²) in [6, 6.07) is 11.2. The van der Waals surface area contributed by atoms with Crippen molar-refractivity contribution < 1.29 is 4.74 Å². The zero-order valence-electron chi connectivity index (χ0n) is 12.9. The number of aromatic nitrogens is 4. The van der Waals surface area contributed by atoms with E-state index in [1.165, 1.54) is 0 Å². The van der Waals surface area contributed by atoms with E-state index >= 15 is 0 Å². The van der Waals surface area contributed by atoms with Crippen LogP contribution in [0.25, 0.3) is 5.78 Å². The number of thioether (sulfide) groups is 1. The molecule has 0 aliphatic rings. The van der Waals surface area contributed by atoms with Crippen molar-refractivity contribution in [2.45, 2.75) is 19.0 Å². The fourth-order valence-corrected chi connectivity index (χ4v) is 3.01. The first kappa shape index (κ1) is 15.3. The monoisotopic (exact) mass is 325 g/mol. The standard InChI is InChI=1S/C16H15N5OS/c1-11-9-12(2)21-15(18-11)19-20-16(21)23-8-7-22-14-5-3-13(10-17)4-6-14/h3-6,9H,7-8H2,1-2H3. The van der Waals surface area contributed by atoms with Crippen molar-refractivity contribution in [1.29, 1.82) is 5.26 Å². The summed E-state index contributed by atoms with van der Waals surface area (Å²) in [7, 11) is 0. The van der Waals surface area contributed by atoms with Gasteiger partial charge in [-0.2, -0.15) is 5.26 Å². The van der Waals surface area contributed by atoms with E-state index < -0.39 is 0 Å². The van der Waals surface area contributed by atoms with Crippen molar-refractivity contribution in [3.63, 3.8) is 0 Å². The maximum atomic E-state index is 8.76. The van der Waals surface area contributed by atoms with E-state index in [1.54, 1.807) is 36.0 Å². The van der Waals surface area contributed by atoms with E-state index in [0.29, 0.717) is 17.9 Å². The van der Waals surface area contributed by atoms with Gasteiger partial charge in [0.15, 0.2) is 5.16 Å². The Hall–Kier alpha value is -2.59. The zero-order valence-corrected chi connectivity index (χ0v) is 13.7. The Morgan fingerprint density at radius 2 is 2.00 bits per heavy atom. The van der Waals surface area contributed by atoms with Crippen molar-refractivity contribution in [2.24, 2.45) is 0 Å². The Morgan fingerprint density at radius 3 is 2.74 bits per heavy atom. The molecule has 2 aromatic heterocycles. The largest absolute Gasteiger partial charge is 0.493 e. The molecule has 0 bridgehead atoms. The highest BCUT2D eigenvalue weighted by Crippen LogP contribution is 2.19. The molecule has 0 saturated carbocycles. The number of hydrogen-bond donors (Lipinski definition) is 0. The molecule has 0 unspecified atom stereocenters. The predicted molar refractivity (Wildman–Crippen MR) is 87.6 cm³/mol. The summed E-state index contributed by atoms with van der Waals surface area (Å²) < 4.78 is 7.61. The third-order valence-corrected chi connectivity index (χ3v) is 4.12. The summed E-state index contributed by atoms with van der Waals surface area (Å²) in [4.78, 5) is 4.37. The smallest absolute Gasteiger partial charge is 0.256 e. The molecule has 116 valence electrons. The number of fused-ring (bicyclic) bond motifs is 1.